The molecule has 0 heterocycles. The van der Waals surface area contributed by atoms with Crippen molar-refractivity contribution in [2.45, 2.75) is 66.0 Å². The first-order valence-electron chi connectivity index (χ1n) is 7.91. The molecule has 1 aromatic rings. The van der Waals surface area contributed by atoms with E-state index in [4.69, 9.17) is 4.74 Å². The first kappa shape index (κ1) is 15.4. The molecule has 1 N–H and O–H groups in total. The fourth-order valence-corrected chi connectivity index (χ4v) is 3.27. The van der Waals surface area contributed by atoms with E-state index >= 15 is 0 Å². The van der Waals surface area contributed by atoms with Crippen LogP contribution in [0.1, 0.15) is 51.2 Å². The van der Waals surface area contributed by atoms with Gasteiger partial charge >= 0.3 is 0 Å². The molecule has 0 amide bonds. The van der Waals surface area contributed by atoms with Gasteiger partial charge in [-0.3, -0.25) is 0 Å². The lowest BCUT2D eigenvalue weighted by molar-refractivity contribution is 0.139. The van der Waals surface area contributed by atoms with Gasteiger partial charge in [0.1, 0.15) is 11.9 Å². The Morgan fingerprint density at radius 2 is 2.05 bits per heavy atom. The third-order valence-corrected chi connectivity index (χ3v) is 4.51. The van der Waals surface area contributed by atoms with E-state index in [0.717, 1.165) is 18.7 Å². The summed E-state index contributed by atoms with van der Waals surface area (Å²) in [5, 5.41) is 3.70. The highest BCUT2D eigenvalue weighted by molar-refractivity contribution is 5.36. The molecular formula is C18H29NO. The van der Waals surface area contributed by atoms with Crippen LogP contribution in [0.15, 0.2) is 18.2 Å². The van der Waals surface area contributed by atoms with Crippen molar-refractivity contribution in [2.75, 3.05) is 6.54 Å². The van der Waals surface area contributed by atoms with E-state index in [9.17, 15) is 0 Å². The number of benzene rings is 1. The van der Waals surface area contributed by atoms with Gasteiger partial charge in [-0.2, -0.15) is 0 Å². The fraction of sp³-hybridized carbons (Fsp3) is 0.667. The summed E-state index contributed by atoms with van der Waals surface area (Å²) in [5.74, 6) is 1.04. The Morgan fingerprint density at radius 1 is 1.30 bits per heavy atom. The van der Waals surface area contributed by atoms with Crippen molar-refractivity contribution in [3.05, 3.63) is 29.3 Å². The van der Waals surface area contributed by atoms with Crippen LogP contribution in [0.5, 0.6) is 5.75 Å². The minimum Gasteiger partial charge on any atom is -0.489 e. The highest BCUT2D eigenvalue weighted by Gasteiger charge is 2.42. The van der Waals surface area contributed by atoms with Gasteiger partial charge in [-0.1, -0.05) is 38.5 Å². The molecule has 2 nitrogen and oxygen atoms in total. The van der Waals surface area contributed by atoms with Gasteiger partial charge < -0.3 is 10.1 Å². The molecule has 0 aliphatic heterocycles. The summed E-state index contributed by atoms with van der Waals surface area (Å²) in [7, 11) is 0. The topological polar surface area (TPSA) is 21.3 Å². The molecule has 0 radical (unpaired) electrons. The normalized spacial score (nSPS) is 24.9. The van der Waals surface area contributed by atoms with E-state index in [2.05, 4.69) is 58.1 Å². The van der Waals surface area contributed by atoms with E-state index < -0.39 is 0 Å². The highest BCUT2D eigenvalue weighted by atomic mass is 16.5. The van der Waals surface area contributed by atoms with E-state index in [1.165, 1.54) is 24.0 Å². The highest BCUT2D eigenvalue weighted by Crippen LogP contribution is 2.39. The second kappa shape index (κ2) is 6.17. The minimum absolute atomic E-state index is 0.290. The van der Waals surface area contributed by atoms with Gasteiger partial charge in [-0.15, -0.1) is 0 Å². The van der Waals surface area contributed by atoms with Crippen molar-refractivity contribution in [2.24, 2.45) is 5.41 Å². The molecule has 112 valence electrons. The molecule has 2 rings (SSSR count). The predicted octanol–water partition coefficient (Wildman–Crippen LogP) is 4.24. The lowest BCUT2D eigenvalue weighted by Gasteiger charge is -2.32. The molecule has 0 aromatic heterocycles. The number of rotatable bonds is 5. The Labute approximate surface area is 123 Å². The Kier molecular flexibility index (Phi) is 4.74. The summed E-state index contributed by atoms with van der Waals surface area (Å²) < 4.78 is 6.34. The van der Waals surface area contributed by atoms with Gasteiger partial charge in [0, 0.05) is 6.04 Å². The molecule has 2 heteroatoms. The second-order valence-corrected chi connectivity index (χ2v) is 6.88. The van der Waals surface area contributed by atoms with Crippen LogP contribution in [0.2, 0.25) is 0 Å². The summed E-state index contributed by atoms with van der Waals surface area (Å²) in [6, 6.07) is 6.90. The quantitative estimate of drug-likeness (QED) is 0.868. The zero-order valence-electron chi connectivity index (χ0n) is 13.6. The first-order chi connectivity index (χ1) is 9.44. The summed E-state index contributed by atoms with van der Waals surface area (Å²) in [5.41, 5.74) is 2.85. The van der Waals surface area contributed by atoms with Crippen LogP contribution in [0, 0.1) is 19.3 Å². The number of nitrogens with one attached hydrogen (secondary N) is 1. The summed E-state index contributed by atoms with van der Waals surface area (Å²) in [6.07, 6.45) is 3.83. The molecular weight excluding hydrogens is 246 g/mol. The molecule has 2 unspecified atom stereocenters. The molecule has 0 bridgehead atoms. The van der Waals surface area contributed by atoms with Gasteiger partial charge in [-0.25, -0.2) is 0 Å². The molecule has 20 heavy (non-hydrogen) atoms. The maximum Gasteiger partial charge on any atom is 0.122 e. The Morgan fingerprint density at radius 3 is 2.70 bits per heavy atom. The lowest BCUT2D eigenvalue weighted by Crippen LogP contribution is -2.47. The molecule has 1 aliphatic rings. The van der Waals surface area contributed by atoms with Gasteiger partial charge in [0.2, 0.25) is 0 Å². The molecule has 2 atom stereocenters. The van der Waals surface area contributed by atoms with Gasteiger partial charge in [0.15, 0.2) is 0 Å². The largest absolute Gasteiger partial charge is 0.489 e. The van der Waals surface area contributed by atoms with Crippen molar-refractivity contribution in [3.8, 4) is 5.75 Å². The van der Waals surface area contributed by atoms with Gasteiger partial charge in [0.05, 0.1) is 0 Å². The van der Waals surface area contributed by atoms with Crippen LogP contribution in [0.25, 0.3) is 0 Å². The molecule has 0 saturated heterocycles. The van der Waals surface area contributed by atoms with E-state index in [1.54, 1.807) is 0 Å². The molecule has 1 aromatic carbocycles. The summed E-state index contributed by atoms with van der Waals surface area (Å²) >= 11 is 0. The van der Waals surface area contributed by atoms with Crippen LogP contribution in [-0.2, 0) is 0 Å². The van der Waals surface area contributed by atoms with Crippen molar-refractivity contribution in [1.29, 1.82) is 0 Å². The van der Waals surface area contributed by atoms with E-state index in [-0.39, 0.29) is 6.10 Å². The van der Waals surface area contributed by atoms with Crippen molar-refractivity contribution >= 4 is 0 Å². The van der Waals surface area contributed by atoms with Crippen molar-refractivity contribution < 1.29 is 4.74 Å². The zero-order chi connectivity index (χ0) is 14.8. The molecule has 1 aliphatic carbocycles. The first-order valence-corrected chi connectivity index (χ1v) is 7.91. The second-order valence-electron chi connectivity index (χ2n) is 6.88. The number of hydrogen-bond donors (Lipinski definition) is 1. The predicted molar refractivity (Wildman–Crippen MR) is 85.4 cm³/mol. The SMILES string of the molecule is CCCNC1C(Oc2ccc(C)cc2C)CCC1(C)C. The maximum atomic E-state index is 6.34. The Bertz CT molecular complexity index is 453. The maximum absolute atomic E-state index is 6.34. The monoisotopic (exact) mass is 275 g/mol. The van der Waals surface area contributed by atoms with Crippen LogP contribution >= 0.6 is 0 Å². The summed E-state index contributed by atoms with van der Waals surface area (Å²) in [6.45, 7) is 12.3. The van der Waals surface area contributed by atoms with Crippen LogP contribution in [0.3, 0.4) is 0 Å². The minimum atomic E-state index is 0.290. The van der Waals surface area contributed by atoms with Crippen LogP contribution in [-0.4, -0.2) is 18.7 Å². The molecule has 0 spiro atoms. The van der Waals surface area contributed by atoms with Crippen molar-refractivity contribution in [3.63, 3.8) is 0 Å². The number of aryl methyl sites for hydroxylation is 2. The molecule has 1 saturated carbocycles. The third-order valence-electron chi connectivity index (χ3n) is 4.51. The zero-order valence-corrected chi connectivity index (χ0v) is 13.6. The third kappa shape index (κ3) is 3.35. The van der Waals surface area contributed by atoms with E-state index in [0.29, 0.717) is 11.5 Å². The standard InChI is InChI=1S/C18H29NO/c1-6-11-19-17-16(9-10-18(17,4)5)20-15-8-7-13(2)12-14(15)3/h7-8,12,16-17,19H,6,9-11H2,1-5H3. The average Bonchev–Trinajstić information content (AvgIpc) is 2.65. The summed E-state index contributed by atoms with van der Waals surface area (Å²) in [4.78, 5) is 0. The lowest BCUT2D eigenvalue weighted by atomic mass is 9.87. The number of ether oxygens (including phenoxy) is 1. The van der Waals surface area contributed by atoms with Gasteiger partial charge in [-0.05, 0) is 56.7 Å². The average molecular weight is 275 g/mol. The van der Waals surface area contributed by atoms with E-state index in [1.807, 2.05) is 0 Å². The number of hydrogen-bond acceptors (Lipinski definition) is 2. The smallest absolute Gasteiger partial charge is 0.122 e. The van der Waals surface area contributed by atoms with Crippen LogP contribution < -0.4 is 10.1 Å². The van der Waals surface area contributed by atoms with Crippen LogP contribution in [0.4, 0.5) is 0 Å². The van der Waals surface area contributed by atoms with Crippen molar-refractivity contribution in [1.82, 2.24) is 5.32 Å². The Hall–Kier alpha value is -1.02. The Balaban J connectivity index is 2.11. The molecule has 1 fully saturated rings. The fourth-order valence-electron chi connectivity index (χ4n) is 3.27. The van der Waals surface area contributed by atoms with Gasteiger partial charge in [0.25, 0.3) is 0 Å².